The van der Waals surface area contributed by atoms with Crippen LogP contribution < -0.4 is 0 Å². The standard InChI is InChI=1S/C18H17N3O4/c19-11-15-2-1-3-16(10-15)13-20(9-8-18(22)23)12-14-4-6-17(7-5-14)21(24)25/h1-7,10H,8-9,12-13H2,(H,22,23). The number of carboxylic acid groups (broad SMARTS) is 1. The molecule has 0 aliphatic carbocycles. The Morgan fingerprint density at radius 3 is 2.44 bits per heavy atom. The molecule has 25 heavy (non-hydrogen) atoms. The van der Waals surface area contributed by atoms with Gasteiger partial charge in [0.1, 0.15) is 0 Å². The van der Waals surface area contributed by atoms with Crippen molar-refractivity contribution in [2.24, 2.45) is 0 Å². The van der Waals surface area contributed by atoms with E-state index in [-0.39, 0.29) is 12.1 Å². The average molecular weight is 339 g/mol. The maximum atomic E-state index is 10.9. The minimum atomic E-state index is -0.889. The minimum Gasteiger partial charge on any atom is -0.481 e. The molecule has 0 radical (unpaired) electrons. The summed E-state index contributed by atoms with van der Waals surface area (Å²) in [6.07, 6.45) is -0.00901. The summed E-state index contributed by atoms with van der Waals surface area (Å²) in [6, 6.07) is 15.4. The fourth-order valence-corrected chi connectivity index (χ4v) is 2.45. The third-order valence-corrected chi connectivity index (χ3v) is 3.66. The molecule has 0 fully saturated rings. The second-order valence-electron chi connectivity index (χ2n) is 5.59. The summed E-state index contributed by atoms with van der Waals surface area (Å²) < 4.78 is 0. The van der Waals surface area contributed by atoms with Crippen molar-refractivity contribution in [1.29, 1.82) is 5.26 Å². The van der Waals surface area contributed by atoms with Gasteiger partial charge in [0.25, 0.3) is 5.69 Å². The quantitative estimate of drug-likeness (QED) is 0.585. The van der Waals surface area contributed by atoms with Gasteiger partial charge >= 0.3 is 5.97 Å². The molecule has 0 aromatic heterocycles. The number of hydrogen-bond donors (Lipinski definition) is 1. The van der Waals surface area contributed by atoms with E-state index in [1.807, 2.05) is 11.0 Å². The number of nitro groups is 1. The number of non-ortho nitro benzene ring substituents is 1. The van der Waals surface area contributed by atoms with Crippen LogP contribution in [0, 0.1) is 21.4 Å². The minimum absolute atomic E-state index is 0.00901. The van der Waals surface area contributed by atoms with E-state index >= 15 is 0 Å². The first-order chi connectivity index (χ1) is 12.0. The molecule has 0 amide bonds. The van der Waals surface area contributed by atoms with Crippen LogP contribution in [0.1, 0.15) is 23.1 Å². The first-order valence-electron chi connectivity index (χ1n) is 7.64. The summed E-state index contributed by atoms with van der Waals surface area (Å²) in [4.78, 5) is 23.1. The van der Waals surface area contributed by atoms with Gasteiger partial charge in [-0.05, 0) is 23.3 Å². The number of aliphatic carboxylic acids is 1. The van der Waals surface area contributed by atoms with Crippen molar-refractivity contribution >= 4 is 11.7 Å². The van der Waals surface area contributed by atoms with Gasteiger partial charge in [-0.25, -0.2) is 0 Å². The highest BCUT2D eigenvalue weighted by Gasteiger charge is 2.11. The molecule has 7 nitrogen and oxygen atoms in total. The van der Waals surface area contributed by atoms with Crippen LogP contribution in [-0.4, -0.2) is 27.4 Å². The second-order valence-corrected chi connectivity index (χ2v) is 5.59. The van der Waals surface area contributed by atoms with Crippen molar-refractivity contribution in [3.63, 3.8) is 0 Å². The fourth-order valence-electron chi connectivity index (χ4n) is 2.45. The van der Waals surface area contributed by atoms with Gasteiger partial charge in [-0.3, -0.25) is 19.8 Å². The molecule has 0 aliphatic rings. The third kappa shape index (κ3) is 5.71. The molecule has 7 heteroatoms. The molecule has 0 heterocycles. The number of hydrogen-bond acceptors (Lipinski definition) is 5. The Bertz CT molecular complexity index is 797. The van der Waals surface area contributed by atoms with E-state index in [0.717, 1.165) is 11.1 Å². The molecule has 2 rings (SSSR count). The molecule has 2 aromatic rings. The van der Waals surface area contributed by atoms with Crippen molar-refractivity contribution in [3.8, 4) is 6.07 Å². The largest absolute Gasteiger partial charge is 0.481 e. The van der Waals surface area contributed by atoms with Crippen LogP contribution in [-0.2, 0) is 17.9 Å². The number of nitro benzene ring substituents is 1. The molecule has 128 valence electrons. The van der Waals surface area contributed by atoms with Gasteiger partial charge in [0.05, 0.1) is 23.0 Å². The van der Waals surface area contributed by atoms with E-state index in [4.69, 9.17) is 10.4 Å². The molecule has 0 aliphatic heterocycles. The highest BCUT2D eigenvalue weighted by Crippen LogP contribution is 2.16. The lowest BCUT2D eigenvalue weighted by molar-refractivity contribution is -0.384. The van der Waals surface area contributed by atoms with Crippen LogP contribution in [0.2, 0.25) is 0 Å². The number of carboxylic acids is 1. The van der Waals surface area contributed by atoms with Gasteiger partial charge in [0.2, 0.25) is 0 Å². The molecule has 0 saturated heterocycles. The number of rotatable bonds is 8. The SMILES string of the molecule is N#Cc1cccc(CN(CCC(=O)O)Cc2ccc([N+](=O)[O-])cc2)c1. The Kier molecular flexibility index (Phi) is 6.20. The maximum absolute atomic E-state index is 10.9. The first-order valence-corrected chi connectivity index (χ1v) is 7.64. The van der Waals surface area contributed by atoms with Crippen molar-refractivity contribution in [2.45, 2.75) is 19.5 Å². The van der Waals surface area contributed by atoms with E-state index in [0.29, 0.717) is 25.2 Å². The average Bonchev–Trinajstić information content (AvgIpc) is 2.60. The summed E-state index contributed by atoms with van der Waals surface area (Å²) in [5.41, 5.74) is 2.33. The Labute approximate surface area is 144 Å². The van der Waals surface area contributed by atoms with Crippen LogP contribution in [0.3, 0.4) is 0 Å². The Hall–Kier alpha value is -3.24. The smallest absolute Gasteiger partial charge is 0.304 e. The van der Waals surface area contributed by atoms with Crippen LogP contribution in [0.4, 0.5) is 5.69 Å². The Morgan fingerprint density at radius 1 is 1.16 bits per heavy atom. The zero-order chi connectivity index (χ0) is 18.2. The van der Waals surface area contributed by atoms with E-state index in [1.54, 1.807) is 30.3 Å². The molecule has 0 saturated carbocycles. The normalized spacial score (nSPS) is 10.4. The van der Waals surface area contributed by atoms with Gasteiger partial charge in [-0.2, -0.15) is 5.26 Å². The lowest BCUT2D eigenvalue weighted by Gasteiger charge is -2.22. The van der Waals surface area contributed by atoms with Gasteiger partial charge in [-0.15, -0.1) is 0 Å². The highest BCUT2D eigenvalue weighted by atomic mass is 16.6. The predicted octanol–water partition coefficient (Wildman–Crippen LogP) is 2.94. The highest BCUT2D eigenvalue weighted by molar-refractivity contribution is 5.66. The van der Waals surface area contributed by atoms with Crippen molar-refractivity contribution in [3.05, 3.63) is 75.3 Å². The van der Waals surface area contributed by atoms with E-state index in [2.05, 4.69) is 6.07 Å². The van der Waals surface area contributed by atoms with Gasteiger partial charge in [-0.1, -0.05) is 24.3 Å². The predicted molar refractivity (Wildman–Crippen MR) is 90.6 cm³/mol. The molecular formula is C18H17N3O4. The molecule has 1 N–H and O–H groups in total. The van der Waals surface area contributed by atoms with Crippen LogP contribution in [0.15, 0.2) is 48.5 Å². The molecular weight excluding hydrogens is 322 g/mol. The van der Waals surface area contributed by atoms with E-state index in [1.165, 1.54) is 12.1 Å². The lowest BCUT2D eigenvalue weighted by Crippen LogP contribution is -2.25. The zero-order valence-electron chi connectivity index (χ0n) is 13.5. The number of benzene rings is 2. The van der Waals surface area contributed by atoms with Gasteiger partial charge < -0.3 is 5.11 Å². The Balaban J connectivity index is 2.12. The van der Waals surface area contributed by atoms with Crippen molar-refractivity contribution < 1.29 is 14.8 Å². The fraction of sp³-hybridized carbons (Fsp3) is 0.222. The number of nitriles is 1. The molecule has 2 aromatic carbocycles. The molecule has 0 spiro atoms. The van der Waals surface area contributed by atoms with Crippen LogP contribution >= 0.6 is 0 Å². The van der Waals surface area contributed by atoms with E-state index in [9.17, 15) is 14.9 Å². The number of carbonyl (C=O) groups is 1. The lowest BCUT2D eigenvalue weighted by atomic mass is 10.1. The van der Waals surface area contributed by atoms with E-state index < -0.39 is 10.9 Å². The summed E-state index contributed by atoms with van der Waals surface area (Å²) in [7, 11) is 0. The van der Waals surface area contributed by atoms with Crippen molar-refractivity contribution in [1.82, 2.24) is 4.90 Å². The third-order valence-electron chi connectivity index (χ3n) is 3.66. The topological polar surface area (TPSA) is 107 Å². The summed E-state index contributed by atoms with van der Waals surface area (Å²) in [5, 5.41) is 28.6. The maximum Gasteiger partial charge on any atom is 0.304 e. The van der Waals surface area contributed by atoms with Crippen LogP contribution in [0.5, 0.6) is 0 Å². The molecule has 0 atom stereocenters. The summed E-state index contributed by atoms with van der Waals surface area (Å²) in [6.45, 7) is 1.28. The number of nitrogens with zero attached hydrogens (tertiary/aromatic N) is 3. The monoisotopic (exact) mass is 339 g/mol. The first kappa shape index (κ1) is 18.1. The van der Waals surface area contributed by atoms with Gasteiger partial charge in [0.15, 0.2) is 0 Å². The molecule has 0 unspecified atom stereocenters. The summed E-state index contributed by atoms with van der Waals surface area (Å²) >= 11 is 0. The van der Waals surface area contributed by atoms with Crippen LogP contribution in [0.25, 0.3) is 0 Å². The molecule has 0 bridgehead atoms. The summed E-state index contributed by atoms with van der Waals surface area (Å²) in [5.74, 6) is -0.889. The van der Waals surface area contributed by atoms with Gasteiger partial charge in [0, 0.05) is 31.8 Å². The van der Waals surface area contributed by atoms with Crippen molar-refractivity contribution in [2.75, 3.05) is 6.54 Å². The Morgan fingerprint density at radius 2 is 1.84 bits per heavy atom. The zero-order valence-corrected chi connectivity index (χ0v) is 13.5. The second kappa shape index (κ2) is 8.57.